The highest BCUT2D eigenvalue weighted by Crippen LogP contribution is 2.11. The van der Waals surface area contributed by atoms with Gasteiger partial charge in [0.15, 0.2) is 18.5 Å². The standard InChI is InChI=1S/C12H22O12/c13-1-4(16)7(18)9(20)6(3-15)24-12(23)11(22)10(21)8(19)5(17)2-14/h3-11,13-14,16-22H,1-2H2/t4-,5-,6+,7-,8+,9-,10+,11-/m1/s1. The number of carbonyl (C=O) groups excluding carboxylic acids is 2. The molecule has 12 nitrogen and oxygen atoms in total. The van der Waals surface area contributed by atoms with Gasteiger partial charge >= 0.3 is 5.97 Å². The maximum absolute atomic E-state index is 11.6. The molecule has 0 unspecified atom stereocenters. The van der Waals surface area contributed by atoms with Crippen LogP contribution in [0.4, 0.5) is 0 Å². The first kappa shape index (κ1) is 22.8. The first-order chi connectivity index (χ1) is 11.1. The van der Waals surface area contributed by atoms with E-state index in [-0.39, 0.29) is 6.29 Å². The molecule has 8 atom stereocenters. The highest BCUT2D eigenvalue weighted by atomic mass is 16.6. The van der Waals surface area contributed by atoms with Gasteiger partial charge in [0.25, 0.3) is 0 Å². The maximum atomic E-state index is 11.6. The molecule has 0 aliphatic carbocycles. The van der Waals surface area contributed by atoms with Gasteiger partial charge in [-0.05, 0) is 0 Å². The molecule has 0 bridgehead atoms. The first-order valence-electron chi connectivity index (χ1n) is 6.76. The second-order valence-corrected chi connectivity index (χ2v) is 4.94. The smallest absolute Gasteiger partial charge is 0.338 e. The van der Waals surface area contributed by atoms with E-state index in [0.29, 0.717) is 0 Å². The minimum atomic E-state index is -2.46. The SMILES string of the molecule is O=C[C@H](OC(=O)[C@H](O)[C@@H](O)[C@@H](O)[C@H](O)CO)[C@@H](O)[C@H](O)[C@H](O)CO. The van der Waals surface area contributed by atoms with E-state index in [1.807, 2.05) is 0 Å². The minimum absolute atomic E-state index is 0.145. The molecule has 0 amide bonds. The number of aliphatic hydroxyl groups is 9. The van der Waals surface area contributed by atoms with Crippen LogP contribution in [0.2, 0.25) is 0 Å². The van der Waals surface area contributed by atoms with Gasteiger partial charge in [-0.1, -0.05) is 0 Å². The van der Waals surface area contributed by atoms with Crippen LogP contribution in [0.1, 0.15) is 0 Å². The number of rotatable bonds is 11. The van der Waals surface area contributed by atoms with Crippen LogP contribution in [0.5, 0.6) is 0 Å². The van der Waals surface area contributed by atoms with E-state index < -0.39 is 68.0 Å². The Hall–Kier alpha value is -1.22. The Bertz CT molecular complexity index is 390. The van der Waals surface area contributed by atoms with Gasteiger partial charge in [-0.2, -0.15) is 0 Å². The molecule has 24 heavy (non-hydrogen) atoms. The van der Waals surface area contributed by atoms with Gasteiger partial charge in [0.1, 0.15) is 36.6 Å². The van der Waals surface area contributed by atoms with Crippen LogP contribution >= 0.6 is 0 Å². The summed E-state index contributed by atoms with van der Waals surface area (Å²) >= 11 is 0. The molecule has 0 saturated carbocycles. The Labute approximate surface area is 135 Å². The first-order valence-corrected chi connectivity index (χ1v) is 6.76. The number of aliphatic hydroxyl groups excluding tert-OH is 9. The summed E-state index contributed by atoms with van der Waals surface area (Å²) < 4.78 is 4.35. The van der Waals surface area contributed by atoms with Crippen molar-refractivity contribution >= 4 is 12.3 Å². The highest BCUT2D eigenvalue weighted by molar-refractivity contribution is 5.77. The van der Waals surface area contributed by atoms with Crippen LogP contribution in [0.25, 0.3) is 0 Å². The lowest BCUT2D eigenvalue weighted by Gasteiger charge is -2.28. The Balaban J connectivity index is 4.89. The molecule has 0 saturated heterocycles. The lowest BCUT2D eigenvalue weighted by molar-refractivity contribution is -0.186. The summed E-state index contributed by atoms with van der Waals surface area (Å²) in [5.74, 6) is -1.70. The third-order valence-corrected chi connectivity index (χ3v) is 3.15. The van der Waals surface area contributed by atoms with E-state index in [4.69, 9.17) is 20.4 Å². The maximum Gasteiger partial charge on any atom is 0.338 e. The van der Waals surface area contributed by atoms with Crippen molar-refractivity contribution in [1.29, 1.82) is 0 Å². The Kier molecular flexibility index (Phi) is 10.1. The molecule has 0 radical (unpaired) electrons. The summed E-state index contributed by atoms with van der Waals surface area (Å²) in [5, 5.41) is 82.8. The fourth-order valence-electron chi connectivity index (χ4n) is 1.57. The fourth-order valence-corrected chi connectivity index (χ4v) is 1.57. The number of hydrogen-bond acceptors (Lipinski definition) is 12. The lowest BCUT2D eigenvalue weighted by atomic mass is 10.0. The number of esters is 1. The third kappa shape index (κ3) is 6.01. The third-order valence-electron chi connectivity index (χ3n) is 3.15. The van der Waals surface area contributed by atoms with Crippen LogP contribution < -0.4 is 0 Å². The average Bonchev–Trinajstić information content (AvgIpc) is 2.60. The summed E-state index contributed by atoms with van der Waals surface area (Å²) in [6.45, 7) is -1.95. The van der Waals surface area contributed by atoms with Gasteiger partial charge in [-0.15, -0.1) is 0 Å². The van der Waals surface area contributed by atoms with Crippen molar-refractivity contribution < 1.29 is 60.3 Å². The molecule has 9 N–H and O–H groups in total. The number of hydrogen-bond donors (Lipinski definition) is 9. The summed E-state index contributed by atoms with van der Waals surface area (Å²) in [6.07, 6.45) is -17.1. The van der Waals surface area contributed by atoms with Crippen LogP contribution in [-0.2, 0) is 14.3 Å². The zero-order valence-corrected chi connectivity index (χ0v) is 12.4. The van der Waals surface area contributed by atoms with E-state index in [0.717, 1.165) is 0 Å². The lowest BCUT2D eigenvalue weighted by Crippen LogP contribution is -2.52. The molecule has 0 rings (SSSR count). The van der Waals surface area contributed by atoms with E-state index >= 15 is 0 Å². The van der Waals surface area contributed by atoms with E-state index in [1.54, 1.807) is 0 Å². The normalized spacial score (nSPS) is 21.7. The summed E-state index contributed by atoms with van der Waals surface area (Å²) in [7, 11) is 0. The molecule has 0 spiro atoms. The van der Waals surface area contributed by atoms with Crippen LogP contribution in [0.3, 0.4) is 0 Å². The largest absolute Gasteiger partial charge is 0.450 e. The molecule has 0 aliphatic rings. The summed E-state index contributed by atoms with van der Waals surface area (Å²) in [4.78, 5) is 22.4. The van der Waals surface area contributed by atoms with Crippen molar-refractivity contribution in [2.24, 2.45) is 0 Å². The van der Waals surface area contributed by atoms with Gasteiger partial charge in [-0.3, -0.25) is 4.79 Å². The molecule has 0 heterocycles. The Morgan fingerprint density at radius 3 is 1.58 bits per heavy atom. The fraction of sp³-hybridized carbons (Fsp3) is 0.833. The van der Waals surface area contributed by atoms with Crippen molar-refractivity contribution in [3.63, 3.8) is 0 Å². The second-order valence-electron chi connectivity index (χ2n) is 4.94. The van der Waals surface area contributed by atoms with Crippen molar-refractivity contribution in [3.8, 4) is 0 Å². The Morgan fingerprint density at radius 1 is 0.792 bits per heavy atom. The zero-order valence-electron chi connectivity index (χ0n) is 12.4. The minimum Gasteiger partial charge on any atom is -0.450 e. The number of ether oxygens (including phenoxy) is 1. The Morgan fingerprint density at radius 2 is 1.21 bits per heavy atom. The quantitative estimate of drug-likeness (QED) is 0.124. The molecule has 0 aromatic heterocycles. The molecule has 0 aromatic rings. The monoisotopic (exact) mass is 358 g/mol. The molecule has 0 aromatic carbocycles. The highest BCUT2D eigenvalue weighted by Gasteiger charge is 2.39. The predicted molar refractivity (Wildman–Crippen MR) is 72.2 cm³/mol. The van der Waals surface area contributed by atoms with Gasteiger partial charge in [0.2, 0.25) is 0 Å². The molecule has 12 heteroatoms. The van der Waals surface area contributed by atoms with E-state index in [9.17, 15) is 35.1 Å². The van der Waals surface area contributed by atoms with Gasteiger partial charge in [0, 0.05) is 0 Å². The molecule has 0 fully saturated rings. The number of aldehydes is 1. The topological polar surface area (TPSA) is 225 Å². The molecule has 0 aliphatic heterocycles. The van der Waals surface area contributed by atoms with Gasteiger partial charge in [-0.25, -0.2) is 4.79 Å². The van der Waals surface area contributed by atoms with Crippen molar-refractivity contribution in [3.05, 3.63) is 0 Å². The van der Waals surface area contributed by atoms with Gasteiger partial charge < -0.3 is 50.7 Å². The van der Waals surface area contributed by atoms with Crippen molar-refractivity contribution in [2.45, 2.75) is 48.8 Å². The zero-order chi connectivity index (χ0) is 19.0. The average molecular weight is 358 g/mol. The van der Waals surface area contributed by atoms with Crippen LogP contribution in [-0.4, -0.2) is 120 Å². The van der Waals surface area contributed by atoms with E-state index in [1.165, 1.54) is 0 Å². The predicted octanol–water partition coefficient (Wildman–Crippen LogP) is -6.39. The van der Waals surface area contributed by atoms with Gasteiger partial charge in [0.05, 0.1) is 13.2 Å². The summed E-state index contributed by atoms with van der Waals surface area (Å²) in [5.41, 5.74) is 0. The van der Waals surface area contributed by atoms with Crippen molar-refractivity contribution in [2.75, 3.05) is 13.2 Å². The summed E-state index contributed by atoms with van der Waals surface area (Å²) in [6, 6.07) is 0. The molecule has 142 valence electrons. The second kappa shape index (κ2) is 10.6. The van der Waals surface area contributed by atoms with Crippen LogP contribution in [0.15, 0.2) is 0 Å². The van der Waals surface area contributed by atoms with Crippen LogP contribution in [0, 0.1) is 0 Å². The van der Waals surface area contributed by atoms with Crippen molar-refractivity contribution in [1.82, 2.24) is 0 Å². The number of carbonyl (C=O) groups is 2. The molecular formula is C12H22O12. The van der Waals surface area contributed by atoms with E-state index in [2.05, 4.69) is 4.74 Å². The molecular weight excluding hydrogens is 336 g/mol.